The SMILES string of the molecule is CCCOCC(C)C(=O)OO. The van der Waals surface area contributed by atoms with E-state index in [9.17, 15) is 4.79 Å². The van der Waals surface area contributed by atoms with Crippen LogP contribution in [0.4, 0.5) is 0 Å². The van der Waals surface area contributed by atoms with E-state index in [0.29, 0.717) is 13.2 Å². The van der Waals surface area contributed by atoms with Crippen LogP contribution in [0.3, 0.4) is 0 Å². The van der Waals surface area contributed by atoms with Gasteiger partial charge < -0.3 is 9.62 Å². The molecule has 0 heterocycles. The summed E-state index contributed by atoms with van der Waals surface area (Å²) in [6.07, 6.45) is 0.918. The van der Waals surface area contributed by atoms with Gasteiger partial charge in [0.15, 0.2) is 0 Å². The predicted molar refractivity (Wildman–Crippen MR) is 39.0 cm³/mol. The zero-order valence-corrected chi connectivity index (χ0v) is 6.87. The van der Waals surface area contributed by atoms with E-state index in [2.05, 4.69) is 4.89 Å². The van der Waals surface area contributed by atoms with Crippen LogP contribution in [0, 0.1) is 5.92 Å². The molecule has 1 unspecified atom stereocenters. The molecule has 1 N–H and O–H groups in total. The second-order valence-corrected chi connectivity index (χ2v) is 2.39. The molecule has 1 atom stereocenters. The molecule has 0 saturated heterocycles. The predicted octanol–water partition coefficient (Wildman–Crippen LogP) is 1.07. The minimum Gasteiger partial charge on any atom is -0.381 e. The fraction of sp³-hybridized carbons (Fsp3) is 0.857. The lowest BCUT2D eigenvalue weighted by Gasteiger charge is -2.06. The average molecular weight is 162 g/mol. The number of carbonyl (C=O) groups is 1. The van der Waals surface area contributed by atoms with Gasteiger partial charge in [0.1, 0.15) is 0 Å². The second kappa shape index (κ2) is 6.12. The summed E-state index contributed by atoms with van der Waals surface area (Å²) in [5.41, 5.74) is 0. The van der Waals surface area contributed by atoms with Gasteiger partial charge in [0.25, 0.3) is 0 Å². The minimum atomic E-state index is -0.652. The first-order chi connectivity index (χ1) is 5.22. The van der Waals surface area contributed by atoms with Gasteiger partial charge in [-0.25, -0.2) is 4.79 Å². The van der Waals surface area contributed by atoms with E-state index in [1.54, 1.807) is 6.92 Å². The van der Waals surface area contributed by atoms with E-state index in [-0.39, 0.29) is 0 Å². The molecule has 0 spiro atoms. The smallest absolute Gasteiger partial charge is 0.347 e. The third kappa shape index (κ3) is 4.75. The van der Waals surface area contributed by atoms with Crippen molar-refractivity contribution in [1.82, 2.24) is 0 Å². The van der Waals surface area contributed by atoms with Crippen molar-refractivity contribution < 1.29 is 19.7 Å². The maximum Gasteiger partial charge on any atom is 0.347 e. The van der Waals surface area contributed by atoms with Crippen LogP contribution >= 0.6 is 0 Å². The van der Waals surface area contributed by atoms with E-state index < -0.39 is 11.9 Å². The van der Waals surface area contributed by atoms with Crippen LogP contribution < -0.4 is 0 Å². The Hall–Kier alpha value is -0.610. The van der Waals surface area contributed by atoms with Gasteiger partial charge in [-0.05, 0) is 13.3 Å². The molecule has 0 aliphatic heterocycles. The van der Waals surface area contributed by atoms with Crippen LogP contribution in [0.1, 0.15) is 20.3 Å². The van der Waals surface area contributed by atoms with Crippen molar-refractivity contribution in [3.63, 3.8) is 0 Å². The molecule has 0 aromatic heterocycles. The first kappa shape index (κ1) is 10.4. The molecular formula is C7H14O4. The molecule has 0 aliphatic carbocycles. The van der Waals surface area contributed by atoms with Crippen LogP contribution in [0.5, 0.6) is 0 Å². The highest BCUT2D eigenvalue weighted by molar-refractivity contribution is 5.71. The largest absolute Gasteiger partial charge is 0.381 e. The fourth-order valence-electron chi connectivity index (χ4n) is 0.562. The quantitative estimate of drug-likeness (QED) is 0.373. The Labute approximate surface area is 66.0 Å². The zero-order chi connectivity index (χ0) is 8.69. The van der Waals surface area contributed by atoms with E-state index in [1.807, 2.05) is 6.92 Å². The van der Waals surface area contributed by atoms with Gasteiger partial charge in [-0.3, -0.25) is 0 Å². The summed E-state index contributed by atoms with van der Waals surface area (Å²) in [5.74, 6) is -1.05. The van der Waals surface area contributed by atoms with Gasteiger partial charge in [0.05, 0.1) is 12.5 Å². The van der Waals surface area contributed by atoms with Gasteiger partial charge in [0.2, 0.25) is 0 Å². The maximum absolute atomic E-state index is 10.6. The van der Waals surface area contributed by atoms with Crippen LogP contribution in [-0.4, -0.2) is 24.4 Å². The zero-order valence-electron chi connectivity index (χ0n) is 6.87. The molecule has 0 amide bonds. The van der Waals surface area contributed by atoms with Gasteiger partial charge in [-0.15, -0.1) is 0 Å². The Balaban J connectivity index is 3.36. The molecule has 0 radical (unpaired) electrons. The average Bonchev–Trinajstić information content (AvgIpc) is 2.03. The summed E-state index contributed by atoms with van der Waals surface area (Å²) in [7, 11) is 0. The van der Waals surface area contributed by atoms with Crippen molar-refractivity contribution in [1.29, 1.82) is 0 Å². The summed E-state index contributed by atoms with van der Waals surface area (Å²) in [6.45, 7) is 4.54. The topological polar surface area (TPSA) is 55.8 Å². The van der Waals surface area contributed by atoms with Crippen molar-refractivity contribution >= 4 is 5.97 Å². The van der Waals surface area contributed by atoms with Crippen molar-refractivity contribution in [3.8, 4) is 0 Å². The lowest BCUT2D eigenvalue weighted by Crippen LogP contribution is -2.18. The minimum absolute atomic E-state index is 0.299. The summed E-state index contributed by atoms with van der Waals surface area (Å²) < 4.78 is 5.06. The van der Waals surface area contributed by atoms with Crippen molar-refractivity contribution in [2.45, 2.75) is 20.3 Å². The third-order valence-electron chi connectivity index (χ3n) is 1.21. The highest BCUT2D eigenvalue weighted by Gasteiger charge is 2.13. The Kier molecular flexibility index (Phi) is 5.78. The Morgan fingerprint density at radius 3 is 2.73 bits per heavy atom. The molecular weight excluding hydrogens is 148 g/mol. The highest BCUT2D eigenvalue weighted by atomic mass is 17.1. The number of carbonyl (C=O) groups excluding carboxylic acids is 1. The van der Waals surface area contributed by atoms with E-state index >= 15 is 0 Å². The Morgan fingerprint density at radius 2 is 2.27 bits per heavy atom. The lowest BCUT2D eigenvalue weighted by molar-refractivity contribution is -0.239. The van der Waals surface area contributed by atoms with Crippen LogP contribution in [0.15, 0.2) is 0 Å². The van der Waals surface area contributed by atoms with Crippen molar-refractivity contribution in [2.24, 2.45) is 5.92 Å². The molecule has 0 fully saturated rings. The molecule has 66 valence electrons. The standard InChI is InChI=1S/C7H14O4/c1-3-4-10-5-6(2)7(8)11-9/h6,9H,3-5H2,1-2H3. The molecule has 4 heteroatoms. The van der Waals surface area contributed by atoms with Crippen LogP contribution in [-0.2, 0) is 14.4 Å². The first-order valence-electron chi connectivity index (χ1n) is 3.65. The third-order valence-corrected chi connectivity index (χ3v) is 1.21. The fourth-order valence-corrected chi connectivity index (χ4v) is 0.562. The maximum atomic E-state index is 10.6. The monoisotopic (exact) mass is 162 g/mol. The van der Waals surface area contributed by atoms with Gasteiger partial charge in [-0.1, -0.05) is 6.92 Å². The number of hydrogen-bond donors (Lipinski definition) is 1. The normalized spacial score (nSPS) is 12.6. The van der Waals surface area contributed by atoms with Crippen molar-refractivity contribution in [3.05, 3.63) is 0 Å². The Morgan fingerprint density at radius 1 is 1.64 bits per heavy atom. The molecule has 0 saturated carbocycles. The van der Waals surface area contributed by atoms with Gasteiger partial charge in [0, 0.05) is 6.61 Å². The Bertz CT molecular complexity index is 113. The molecule has 0 aromatic rings. The number of hydrogen-bond acceptors (Lipinski definition) is 4. The number of rotatable bonds is 5. The molecule has 0 bridgehead atoms. The molecule has 0 aromatic carbocycles. The summed E-state index contributed by atoms with van der Waals surface area (Å²) in [5, 5.41) is 7.96. The van der Waals surface area contributed by atoms with Gasteiger partial charge >= 0.3 is 5.97 Å². The number of ether oxygens (including phenoxy) is 1. The molecule has 0 rings (SSSR count). The van der Waals surface area contributed by atoms with E-state index in [1.165, 1.54) is 0 Å². The molecule has 4 nitrogen and oxygen atoms in total. The molecule has 0 aliphatic rings. The van der Waals surface area contributed by atoms with Crippen LogP contribution in [0.25, 0.3) is 0 Å². The van der Waals surface area contributed by atoms with Gasteiger partial charge in [-0.2, -0.15) is 5.26 Å². The first-order valence-corrected chi connectivity index (χ1v) is 3.65. The van der Waals surface area contributed by atoms with Crippen molar-refractivity contribution in [2.75, 3.05) is 13.2 Å². The van der Waals surface area contributed by atoms with E-state index in [4.69, 9.17) is 9.99 Å². The lowest BCUT2D eigenvalue weighted by atomic mass is 10.2. The summed E-state index contributed by atoms with van der Waals surface area (Å²) >= 11 is 0. The summed E-state index contributed by atoms with van der Waals surface area (Å²) in [4.78, 5) is 14.1. The highest BCUT2D eigenvalue weighted by Crippen LogP contribution is 1.98. The van der Waals surface area contributed by atoms with Crippen LogP contribution in [0.2, 0.25) is 0 Å². The van der Waals surface area contributed by atoms with E-state index in [0.717, 1.165) is 6.42 Å². The summed E-state index contributed by atoms with van der Waals surface area (Å²) in [6, 6.07) is 0. The second-order valence-electron chi connectivity index (χ2n) is 2.39. The molecule has 11 heavy (non-hydrogen) atoms.